The Morgan fingerprint density at radius 2 is 1.16 bits per heavy atom. The van der Waals surface area contributed by atoms with Gasteiger partial charge in [0.2, 0.25) is 0 Å². The second kappa shape index (κ2) is 13.3. The number of halogens is 10. The highest BCUT2D eigenvalue weighted by Crippen LogP contribution is 2.33. The Morgan fingerprint density at radius 1 is 0.756 bits per heavy atom. The number of benzene rings is 2. The normalized spacial score (nSPS) is 11.8. The molecule has 0 aliphatic heterocycles. The molecule has 0 spiro atoms. The minimum Gasteiger partial charge on any atom is -0.507 e. The van der Waals surface area contributed by atoms with E-state index in [1.54, 1.807) is 13.8 Å². The van der Waals surface area contributed by atoms with E-state index >= 15 is 0 Å². The molecular weight excluding hydrogens is 756 g/mol. The molecule has 2 aromatic carbocycles. The summed E-state index contributed by atoms with van der Waals surface area (Å²) >= 11 is 6.01. The van der Waals surface area contributed by atoms with E-state index in [0.29, 0.717) is 26.2 Å². The van der Waals surface area contributed by atoms with Crippen LogP contribution in [0.15, 0.2) is 55.2 Å². The Morgan fingerprint density at radius 3 is 1.56 bits per heavy atom. The third-order valence-electron chi connectivity index (χ3n) is 5.89. The molecule has 0 aliphatic carbocycles. The number of alkyl halides is 6. The summed E-state index contributed by atoms with van der Waals surface area (Å²) in [6.07, 6.45) is -8.72. The first kappa shape index (κ1) is 35.7. The van der Waals surface area contributed by atoms with Crippen molar-refractivity contribution in [3.63, 3.8) is 0 Å². The molecule has 0 radical (unpaired) electrons. The van der Waals surface area contributed by atoms with Crippen molar-refractivity contribution in [2.45, 2.75) is 46.2 Å². The van der Waals surface area contributed by atoms with E-state index in [4.69, 9.17) is 4.74 Å². The zero-order chi connectivity index (χ0) is 34.2. The maximum Gasteiger partial charge on any atom is 0.418 e. The summed E-state index contributed by atoms with van der Waals surface area (Å²) in [7, 11) is 0. The fourth-order valence-electron chi connectivity index (χ4n) is 3.71. The molecule has 0 fully saturated rings. The molecule has 0 saturated heterocycles. The van der Waals surface area contributed by atoms with Crippen LogP contribution in [0.3, 0.4) is 0 Å². The molecule has 18 heteroatoms. The van der Waals surface area contributed by atoms with Gasteiger partial charge in [-0.25, -0.2) is 8.78 Å². The molecule has 0 aliphatic rings. The third kappa shape index (κ3) is 7.89. The summed E-state index contributed by atoms with van der Waals surface area (Å²) in [6, 6.07) is 4.04. The van der Waals surface area contributed by atoms with Gasteiger partial charge in [-0.15, -0.1) is 0 Å². The number of phenolic OH excluding ortho intramolecular Hbond substituents is 1. The lowest BCUT2D eigenvalue weighted by molar-refractivity contribution is -0.139. The molecule has 2 heterocycles. The fourth-order valence-corrected chi connectivity index (χ4v) is 4.43. The average molecular weight is 776 g/mol. The van der Waals surface area contributed by atoms with Crippen molar-refractivity contribution in [3.8, 4) is 22.9 Å². The Hall–Kier alpha value is -3.80. The molecule has 4 rings (SSSR count). The summed E-state index contributed by atoms with van der Waals surface area (Å²) in [5.41, 5.74) is -6.43. The second-order valence-corrected chi connectivity index (χ2v) is 11.2. The van der Waals surface area contributed by atoms with Crippen molar-refractivity contribution in [3.05, 3.63) is 100 Å². The Bertz CT molecular complexity index is 1870. The van der Waals surface area contributed by atoms with Gasteiger partial charge in [-0.05, 0) is 71.7 Å². The Balaban J connectivity index is 0.000000248. The number of aromatic hydroxyl groups is 1. The molecule has 0 saturated carbocycles. The summed E-state index contributed by atoms with van der Waals surface area (Å²) in [6.45, 7) is 5.50. The lowest BCUT2D eigenvalue weighted by Gasteiger charge is -2.15. The van der Waals surface area contributed by atoms with Gasteiger partial charge in [-0.2, -0.15) is 45.9 Å². The zero-order valence-electron chi connectivity index (χ0n) is 23.3. The maximum atomic E-state index is 14.2. The summed E-state index contributed by atoms with van der Waals surface area (Å²) in [5.74, 6) is -1.88. The molecule has 242 valence electrons. The highest BCUT2D eigenvalue weighted by molar-refractivity contribution is 9.10. The van der Waals surface area contributed by atoms with Crippen LogP contribution in [0, 0.1) is 25.5 Å². The van der Waals surface area contributed by atoms with Crippen molar-refractivity contribution < 1.29 is 45.0 Å². The first-order valence-electron chi connectivity index (χ1n) is 12.3. The van der Waals surface area contributed by atoms with E-state index in [1.807, 2.05) is 0 Å². The summed E-state index contributed by atoms with van der Waals surface area (Å²) in [4.78, 5) is 24.1. The van der Waals surface area contributed by atoms with Crippen LogP contribution in [0.4, 0.5) is 35.1 Å². The van der Waals surface area contributed by atoms with Gasteiger partial charge in [0.25, 0.3) is 11.1 Å². The molecular formula is C27H20Br2F8N4O4. The van der Waals surface area contributed by atoms with Crippen molar-refractivity contribution in [1.82, 2.24) is 19.6 Å². The first-order chi connectivity index (χ1) is 20.6. The first-order valence-corrected chi connectivity index (χ1v) is 13.9. The summed E-state index contributed by atoms with van der Waals surface area (Å²) < 4.78 is 111. The van der Waals surface area contributed by atoms with Crippen LogP contribution in [0.25, 0.3) is 11.4 Å². The van der Waals surface area contributed by atoms with E-state index in [0.717, 1.165) is 32.0 Å². The smallest absolute Gasteiger partial charge is 0.418 e. The van der Waals surface area contributed by atoms with Crippen molar-refractivity contribution in [1.29, 1.82) is 0 Å². The van der Waals surface area contributed by atoms with E-state index in [-0.39, 0.29) is 27.8 Å². The maximum absolute atomic E-state index is 14.2. The predicted octanol–water partition coefficient (Wildman–Crippen LogP) is 7.42. The van der Waals surface area contributed by atoms with Crippen molar-refractivity contribution in [2.24, 2.45) is 0 Å². The quantitative estimate of drug-likeness (QED) is 0.217. The number of aromatic nitrogens is 4. The van der Waals surface area contributed by atoms with Gasteiger partial charge in [0.05, 0.1) is 38.6 Å². The van der Waals surface area contributed by atoms with E-state index in [9.17, 15) is 49.8 Å². The van der Waals surface area contributed by atoms with Gasteiger partial charge in [0.15, 0.2) is 0 Å². The van der Waals surface area contributed by atoms with E-state index < -0.39 is 63.0 Å². The molecule has 0 bridgehead atoms. The third-order valence-corrected chi connectivity index (χ3v) is 7.14. The molecule has 2 aromatic heterocycles. The van der Waals surface area contributed by atoms with Gasteiger partial charge >= 0.3 is 12.4 Å². The topological polar surface area (TPSA) is 99.2 Å². The number of phenols is 1. The van der Waals surface area contributed by atoms with Gasteiger partial charge < -0.3 is 9.84 Å². The standard InChI is InChI=1S/C15H13BrF4N2O2.C12H7BrF4N2O2/c1-7(2)24-13-5-12(11(17)4-10(13)16)22-14(23)8(3)9(6-21-22)15(18,19)20;1-5-6(12(15,16)17)4-18-19(11(5)21)9-3-10(20)7(13)2-8(9)14/h4-7H,1-3H3;2-4,20H,1H3. The molecule has 1 N–H and O–H groups in total. The average Bonchev–Trinajstić information content (AvgIpc) is 2.90. The van der Waals surface area contributed by atoms with Crippen LogP contribution in [0.2, 0.25) is 0 Å². The largest absolute Gasteiger partial charge is 0.507 e. The van der Waals surface area contributed by atoms with Crippen LogP contribution < -0.4 is 15.9 Å². The van der Waals surface area contributed by atoms with Crippen molar-refractivity contribution in [2.75, 3.05) is 0 Å². The zero-order valence-corrected chi connectivity index (χ0v) is 26.5. The highest BCUT2D eigenvalue weighted by atomic mass is 79.9. The minimum atomic E-state index is -4.73. The van der Waals surface area contributed by atoms with E-state index in [2.05, 4.69) is 42.1 Å². The fraction of sp³-hybridized carbons (Fsp3) is 0.259. The van der Waals surface area contributed by atoms with Gasteiger partial charge in [0.1, 0.15) is 34.5 Å². The molecule has 0 unspecified atom stereocenters. The Labute approximate surface area is 265 Å². The number of nitrogens with zero attached hydrogens (tertiary/aromatic N) is 4. The number of rotatable bonds is 4. The van der Waals surface area contributed by atoms with Gasteiger partial charge in [0, 0.05) is 23.3 Å². The minimum absolute atomic E-state index is 0.0421. The van der Waals surface area contributed by atoms with E-state index in [1.165, 1.54) is 6.07 Å². The molecule has 45 heavy (non-hydrogen) atoms. The predicted molar refractivity (Wildman–Crippen MR) is 152 cm³/mol. The van der Waals surface area contributed by atoms with Crippen LogP contribution in [-0.4, -0.2) is 30.8 Å². The van der Waals surface area contributed by atoms with Gasteiger partial charge in [-0.1, -0.05) is 0 Å². The van der Waals surface area contributed by atoms with Crippen LogP contribution in [0.5, 0.6) is 11.5 Å². The Kier molecular flexibility index (Phi) is 10.5. The van der Waals surface area contributed by atoms with Gasteiger partial charge in [-0.3, -0.25) is 9.59 Å². The molecule has 4 aromatic rings. The second-order valence-electron chi connectivity index (χ2n) is 9.45. The lowest BCUT2D eigenvalue weighted by Crippen LogP contribution is -2.28. The SMILES string of the molecule is Cc1c(C(F)(F)F)cnn(-c2cc(O)c(Br)cc2F)c1=O.Cc1c(C(F)(F)F)cnn(-c2cc(OC(C)C)c(Br)cc2F)c1=O. The molecule has 0 atom stereocenters. The molecule has 8 nitrogen and oxygen atoms in total. The van der Waals surface area contributed by atoms with Crippen molar-refractivity contribution >= 4 is 31.9 Å². The highest BCUT2D eigenvalue weighted by Gasteiger charge is 2.35. The number of hydrogen-bond donors (Lipinski definition) is 1. The summed E-state index contributed by atoms with van der Waals surface area (Å²) in [5, 5.41) is 16.3. The monoisotopic (exact) mass is 774 g/mol. The number of ether oxygens (including phenoxy) is 1. The number of hydrogen-bond acceptors (Lipinski definition) is 6. The van der Waals surface area contributed by atoms with Crippen LogP contribution >= 0.6 is 31.9 Å². The molecule has 0 amide bonds. The van der Waals surface area contributed by atoms with Crippen LogP contribution in [0.1, 0.15) is 36.1 Å². The van der Waals surface area contributed by atoms with Crippen LogP contribution in [-0.2, 0) is 12.4 Å². The lowest BCUT2D eigenvalue weighted by atomic mass is 10.2.